The van der Waals surface area contributed by atoms with Crippen LogP contribution in [0, 0.1) is 23.2 Å². The van der Waals surface area contributed by atoms with E-state index in [0.717, 1.165) is 31.0 Å². The van der Waals surface area contributed by atoms with Crippen molar-refractivity contribution < 1.29 is 4.74 Å². The summed E-state index contributed by atoms with van der Waals surface area (Å²) in [6.07, 6.45) is 8.66. The van der Waals surface area contributed by atoms with E-state index in [0.29, 0.717) is 5.41 Å². The predicted octanol–water partition coefficient (Wildman–Crippen LogP) is 3.61. The van der Waals surface area contributed by atoms with Crippen molar-refractivity contribution in [2.75, 3.05) is 18.5 Å². The van der Waals surface area contributed by atoms with Crippen LogP contribution in [-0.2, 0) is 4.74 Å². The van der Waals surface area contributed by atoms with Gasteiger partial charge in [-0.1, -0.05) is 15.9 Å². The highest BCUT2D eigenvalue weighted by Gasteiger charge is 2.53. The number of ether oxygens (including phenoxy) is 1. The van der Waals surface area contributed by atoms with Gasteiger partial charge < -0.3 is 4.74 Å². The van der Waals surface area contributed by atoms with Crippen LogP contribution in [-0.4, -0.2) is 18.5 Å². The predicted molar refractivity (Wildman–Crippen MR) is 65.2 cm³/mol. The smallest absolute Gasteiger partial charge is 0.0468 e. The van der Waals surface area contributed by atoms with Crippen LogP contribution in [0.15, 0.2) is 0 Å². The summed E-state index contributed by atoms with van der Waals surface area (Å²) in [5.74, 6) is 3.18. The minimum atomic E-state index is 0.676. The average Bonchev–Trinajstić information content (AvgIpc) is 2.89. The van der Waals surface area contributed by atoms with E-state index in [-0.39, 0.29) is 0 Å². The van der Waals surface area contributed by atoms with Crippen LogP contribution in [0.5, 0.6) is 0 Å². The van der Waals surface area contributed by atoms with Gasteiger partial charge >= 0.3 is 0 Å². The molecule has 2 saturated carbocycles. The van der Waals surface area contributed by atoms with Crippen molar-refractivity contribution in [3.8, 4) is 0 Å². The molecule has 15 heavy (non-hydrogen) atoms. The Kier molecular flexibility index (Phi) is 2.84. The minimum Gasteiger partial charge on any atom is -0.381 e. The maximum atomic E-state index is 5.45. The van der Waals surface area contributed by atoms with E-state index >= 15 is 0 Å². The van der Waals surface area contributed by atoms with Crippen LogP contribution >= 0.6 is 15.9 Å². The van der Waals surface area contributed by atoms with Gasteiger partial charge in [-0.05, 0) is 61.7 Å². The molecule has 2 unspecified atom stereocenters. The first kappa shape index (κ1) is 10.6. The molecule has 2 aliphatic carbocycles. The molecule has 86 valence electrons. The second kappa shape index (κ2) is 4.03. The Labute approximate surface area is 101 Å². The van der Waals surface area contributed by atoms with Gasteiger partial charge in [0.05, 0.1) is 0 Å². The van der Waals surface area contributed by atoms with Gasteiger partial charge in [-0.25, -0.2) is 0 Å². The fourth-order valence-corrected chi connectivity index (χ4v) is 4.59. The lowest BCUT2D eigenvalue weighted by Crippen LogP contribution is -2.27. The van der Waals surface area contributed by atoms with Crippen LogP contribution in [0.4, 0.5) is 0 Å². The SMILES string of the molecule is BrCC1(CC2CCOCC2)CC2CC2C1. The molecule has 0 aromatic carbocycles. The molecular weight excluding hydrogens is 252 g/mol. The van der Waals surface area contributed by atoms with Gasteiger partial charge in [-0.3, -0.25) is 0 Å². The molecule has 0 spiro atoms. The quantitative estimate of drug-likeness (QED) is 0.714. The van der Waals surface area contributed by atoms with E-state index in [9.17, 15) is 0 Å². The van der Waals surface area contributed by atoms with Gasteiger partial charge in [0.15, 0.2) is 0 Å². The lowest BCUT2D eigenvalue weighted by Gasteiger charge is -2.34. The fraction of sp³-hybridized carbons (Fsp3) is 1.00. The molecule has 0 amide bonds. The largest absolute Gasteiger partial charge is 0.381 e. The molecular formula is C13H21BrO. The molecule has 0 radical (unpaired) electrons. The van der Waals surface area contributed by atoms with Crippen LogP contribution in [0.1, 0.15) is 38.5 Å². The minimum absolute atomic E-state index is 0.676. The van der Waals surface area contributed by atoms with Gasteiger partial charge in [0, 0.05) is 18.5 Å². The molecule has 0 N–H and O–H groups in total. The Hall–Kier alpha value is 0.440. The molecule has 0 bridgehead atoms. The number of halogens is 1. The van der Waals surface area contributed by atoms with Gasteiger partial charge in [0.1, 0.15) is 0 Å². The second-order valence-corrected chi connectivity index (χ2v) is 6.62. The topological polar surface area (TPSA) is 9.23 Å². The molecule has 2 atom stereocenters. The molecule has 3 aliphatic rings. The molecule has 3 rings (SSSR count). The molecule has 0 aromatic heterocycles. The Balaban J connectivity index is 1.59. The summed E-state index contributed by atoms with van der Waals surface area (Å²) in [6, 6.07) is 0. The number of alkyl halides is 1. The molecule has 3 fully saturated rings. The number of fused-ring (bicyclic) bond motifs is 1. The zero-order valence-corrected chi connectivity index (χ0v) is 11.0. The molecule has 1 nitrogen and oxygen atoms in total. The highest BCUT2D eigenvalue weighted by Crippen LogP contribution is 2.62. The van der Waals surface area contributed by atoms with Crippen molar-refractivity contribution in [1.29, 1.82) is 0 Å². The molecule has 2 heteroatoms. The average molecular weight is 273 g/mol. The third-order valence-electron chi connectivity index (χ3n) is 4.81. The van der Waals surface area contributed by atoms with Crippen molar-refractivity contribution in [2.24, 2.45) is 23.2 Å². The van der Waals surface area contributed by atoms with Crippen molar-refractivity contribution in [2.45, 2.75) is 38.5 Å². The zero-order valence-electron chi connectivity index (χ0n) is 9.38. The third-order valence-corrected chi connectivity index (χ3v) is 5.99. The highest BCUT2D eigenvalue weighted by atomic mass is 79.9. The van der Waals surface area contributed by atoms with E-state index in [4.69, 9.17) is 4.74 Å². The molecule has 0 aromatic rings. The van der Waals surface area contributed by atoms with Crippen molar-refractivity contribution in [3.63, 3.8) is 0 Å². The highest BCUT2D eigenvalue weighted by molar-refractivity contribution is 9.09. The summed E-state index contributed by atoms with van der Waals surface area (Å²) in [5, 5.41) is 1.24. The fourth-order valence-electron chi connectivity index (χ4n) is 3.90. The standard InChI is InChI=1S/C13H21BrO/c14-9-13(7-11-5-12(11)8-13)6-10-1-3-15-4-2-10/h10-12H,1-9H2. The summed E-state index contributed by atoms with van der Waals surface area (Å²) in [6.45, 7) is 2.02. The summed E-state index contributed by atoms with van der Waals surface area (Å²) in [7, 11) is 0. The Morgan fingerprint density at radius 3 is 2.40 bits per heavy atom. The van der Waals surface area contributed by atoms with E-state index in [1.165, 1.54) is 37.4 Å². The Morgan fingerprint density at radius 1 is 1.13 bits per heavy atom. The van der Waals surface area contributed by atoms with Crippen LogP contribution in [0.2, 0.25) is 0 Å². The van der Waals surface area contributed by atoms with Crippen LogP contribution < -0.4 is 0 Å². The molecule has 1 heterocycles. The van der Waals surface area contributed by atoms with Gasteiger partial charge in [0.2, 0.25) is 0 Å². The number of hydrogen-bond acceptors (Lipinski definition) is 1. The maximum absolute atomic E-state index is 5.45. The summed E-state index contributed by atoms with van der Waals surface area (Å²) >= 11 is 3.78. The lowest BCUT2D eigenvalue weighted by molar-refractivity contribution is 0.0489. The van der Waals surface area contributed by atoms with Gasteiger partial charge in [0.25, 0.3) is 0 Å². The maximum Gasteiger partial charge on any atom is 0.0468 e. The Bertz CT molecular complexity index is 225. The van der Waals surface area contributed by atoms with Crippen molar-refractivity contribution >= 4 is 15.9 Å². The number of hydrogen-bond donors (Lipinski definition) is 0. The summed E-state index contributed by atoms with van der Waals surface area (Å²) in [5.41, 5.74) is 0.676. The van der Waals surface area contributed by atoms with Gasteiger partial charge in [-0.15, -0.1) is 0 Å². The first-order chi connectivity index (χ1) is 7.31. The lowest BCUT2D eigenvalue weighted by atomic mass is 9.75. The van der Waals surface area contributed by atoms with E-state index in [2.05, 4.69) is 15.9 Å². The van der Waals surface area contributed by atoms with Crippen molar-refractivity contribution in [1.82, 2.24) is 0 Å². The van der Waals surface area contributed by atoms with E-state index in [1.807, 2.05) is 0 Å². The molecule has 1 saturated heterocycles. The monoisotopic (exact) mass is 272 g/mol. The molecule has 1 aliphatic heterocycles. The third kappa shape index (κ3) is 2.12. The first-order valence-electron chi connectivity index (χ1n) is 6.45. The Morgan fingerprint density at radius 2 is 1.80 bits per heavy atom. The van der Waals surface area contributed by atoms with Crippen LogP contribution in [0.25, 0.3) is 0 Å². The van der Waals surface area contributed by atoms with E-state index in [1.54, 1.807) is 6.42 Å². The van der Waals surface area contributed by atoms with Crippen molar-refractivity contribution in [3.05, 3.63) is 0 Å². The van der Waals surface area contributed by atoms with Gasteiger partial charge in [-0.2, -0.15) is 0 Å². The summed E-state index contributed by atoms with van der Waals surface area (Å²) < 4.78 is 5.45. The second-order valence-electron chi connectivity index (χ2n) is 6.06. The first-order valence-corrected chi connectivity index (χ1v) is 7.57. The van der Waals surface area contributed by atoms with Crippen LogP contribution in [0.3, 0.4) is 0 Å². The zero-order chi connectivity index (χ0) is 10.3. The van der Waals surface area contributed by atoms with E-state index < -0.39 is 0 Å². The normalized spacial score (nSPS) is 45.4. The number of rotatable bonds is 3. The summed E-state index contributed by atoms with van der Waals surface area (Å²) in [4.78, 5) is 0.